The summed E-state index contributed by atoms with van der Waals surface area (Å²) in [7, 11) is 1.64. The third kappa shape index (κ3) is 3.32. The van der Waals surface area contributed by atoms with E-state index in [1.807, 2.05) is 49.4 Å². The van der Waals surface area contributed by atoms with E-state index in [-0.39, 0.29) is 11.7 Å². The van der Waals surface area contributed by atoms with Crippen molar-refractivity contribution >= 4 is 5.78 Å². The van der Waals surface area contributed by atoms with Gasteiger partial charge in [-0.2, -0.15) is 0 Å². The van der Waals surface area contributed by atoms with Gasteiger partial charge >= 0.3 is 0 Å². The van der Waals surface area contributed by atoms with Crippen molar-refractivity contribution in [1.82, 2.24) is 0 Å². The third-order valence-corrected chi connectivity index (χ3v) is 3.02. The molecule has 1 aromatic rings. The maximum absolute atomic E-state index is 12.4. The average Bonchev–Trinajstić information content (AvgIpc) is 2.42. The Bertz CT molecular complexity index is 515. The Labute approximate surface area is 113 Å². The first kappa shape index (κ1) is 13.6. The number of hydrogen-bond acceptors (Lipinski definition) is 3. The molecule has 0 aromatic heterocycles. The Balaban J connectivity index is 2.41. The van der Waals surface area contributed by atoms with Gasteiger partial charge in [0, 0.05) is 13.0 Å². The molecule has 0 radical (unpaired) electrons. The summed E-state index contributed by atoms with van der Waals surface area (Å²) in [6.07, 6.45) is 7.60. The van der Waals surface area contributed by atoms with E-state index in [4.69, 9.17) is 9.47 Å². The molecule has 2 rings (SSSR count). The van der Waals surface area contributed by atoms with E-state index in [0.717, 1.165) is 5.56 Å². The fourth-order valence-corrected chi connectivity index (χ4v) is 1.99. The van der Waals surface area contributed by atoms with E-state index in [1.54, 1.807) is 7.11 Å². The summed E-state index contributed by atoms with van der Waals surface area (Å²) < 4.78 is 10.7. The maximum atomic E-state index is 12.4. The van der Waals surface area contributed by atoms with Crippen LogP contribution in [0.3, 0.4) is 0 Å². The predicted molar refractivity (Wildman–Crippen MR) is 74.4 cm³/mol. The number of ketones is 1. The van der Waals surface area contributed by atoms with Crippen molar-refractivity contribution in [3.63, 3.8) is 0 Å². The number of allylic oxidation sites excluding steroid dienone is 3. The van der Waals surface area contributed by atoms with Crippen molar-refractivity contribution in [2.45, 2.75) is 13.5 Å². The van der Waals surface area contributed by atoms with Gasteiger partial charge in [-0.25, -0.2) is 0 Å². The van der Waals surface area contributed by atoms with Gasteiger partial charge in [-0.15, -0.1) is 0 Å². The summed E-state index contributed by atoms with van der Waals surface area (Å²) >= 11 is 0. The summed E-state index contributed by atoms with van der Waals surface area (Å²) in [6, 6.07) is 5.62. The van der Waals surface area contributed by atoms with Gasteiger partial charge < -0.3 is 9.47 Å². The van der Waals surface area contributed by atoms with Gasteiger partial charge in [0.1, 0.15) is 12.4 Å². The molecule has 1 atom stereocenters. The molecule has 19 heavy (non-hydrogen) atoms. The highest BCUT2D eigenvalue weighted by Gasteiger charge is 2.18. The summed E-state index contributed by atoms with van der Waals surface area (Å²) in [4.78, 5) is 12.4. The monoisotopic (exact) mass is 258 g/mol. The SMILES string of the molecule is COCc1ccc2c(c1)C(=O)C(C)/C=C\C=C/CO2. The van der Waals surface area contributed by atoms with E-state index >= 15 is 0 Å². The molecule has 100 valence electrons. The van der Waals surface area contributed by atoms with Crippen molar-refractivity contribution < 1.29 is 14.3 Å². The number of Topliss-reactive ketones (excluding diaryl/α,β-unsaturated/α-hetero) is 1. The minimum absolute atomic E-state index is 0.0690. The lowest BCUT2D eigenvalue weighted by Gasteiger charge is -2.14. The van der Waals surface area contributed by atoms with E-state index in [9.17, 15) is 4.79 Å². The van der Waals surface area contributed by atoms with E-state index in [1.165, 1.54) is 0 Å². The van der Waals surface area contributed by atoms with Crippen molar-refractivity contribution in [1.29, 1.82) is 0 Å². The van der Waals surface area contributed by atoms with Crippen LogP contribution >= 0.6 is 0 Å². The molecule has 0 N–H and O–H groups in total. The van der Waals surface area contributed by atoms with Gasteiger partial charge in [-0.05, 0) is 23.8 Å². The second-order valence-corrected chi connectivity index (χ2v) is 4.54. The second kappa shape index (κ2) is 6.34. The zero-order chi connectivity index (χ0) is 13.7. The summed E-state index contributed by atoms with van der Waals surface area (Å²) in [6.45, 7) is 2.84. The maximum Gasteiger partial charge on any atom is 0.173 e. The number of methoxy groups -OCH3 is 1. The number of rotatable bonds is 2. The van der Waals surface area contributed by atoms with E-state index < -0.39 is 0 Å². The molecule has 1 heterocycles. The molecule has 0 amide bonds. The van der Waals surface area contributed by atoms with Crippen LogP contribution in [-0.2, 0) is 11.3 Å². The molecular weight excluding hydrogens is 240 g/mol. The number of hydrogen-bond donors (Lipinski definition) is 0. The molecule has 3 heteroatoms. The van der Waals surface area contributed by atoms with Crippen LogP contribution in [0.1, 0.15) is 22.8 Å². The lowest BCUT2D eigenvalue weighted by molar-refractivity contribution is 0.0949. The number of carbonyl (C=O) groups is 1. The van der Waals surface area contributed by atoms with Crippen molar-refractivity contribution in [2.24, 2.45) is 5.92 Å². The van der Waals surface area contributed by atoms with Crippen LogP contribution in [0.4, 0.5) is 0 Å². The normalized spacial score (nSPS) is 22.2. The van der Waals surface area contributed by atoms with Gasteiger partial charge in [0.05, 0.1) is 12.2 Å². The molecule has 0 bridgehead atoms. The van der Waals surface area contributed by atoms with Crippen LogP contribution in [0.2, 0.25) is 0 Å². The van der Waals surface area contributed by atoms with Crippen LogP contribution < -0.4 is 4.74 Å². The minimum atomic E-state index is -0.164. The Hall–Kier alpha value is -1.87. The first-order valence-corrected chi connectivity index (χ1v) is 6.34. The third-order valence-electron chi connectivity index (χ3n) is 3.02. The van der Waals surface area contributed by atoms with Gasteiger partial charge in [0.15, 0.2) is 5.78 Å². The van der Waals surface area contributed by atoms with Gasteiger partial charge in [-0.1, -0.05) is 31.2 Å². The first-order valence-electron chi connectivity index (χ1n) is 6.34. The van der Waals surface area contributed by atoms with Crippen LogP contribution in [0.25, 0.3) is 0 Å². The molecule has 1 unspecified atom stereocenters. The fraction of sp³-hybridized carbons (Fsp3) is 0.312. The smallest absolute Gasteiger partial charge is 0.173 e. The number of carbonyl (C=O) groups excluding carboxylic acids is 1. The Morgan fingerprint density at radius 3 is 3.00 bits per heavy atom. The van der Waals surface area contributed by atoms with Crippen molar-refractivity contribution in [3.8, 4) is 5.75 Å². The van der Waals surface area contributed by atoms with E-state index in [0.29, 0.717) is 24.5 Å². The molecule has 1 aliphatic rings. The first-order chi connectivity index (χ1) is 9.22. The quantitative estimate of drug-likeness (QED) is 0.817. The van der Waals surface area contributed by atoms with Crippen LogP contribution in [0.15, 0.2) is 42.5 Å². The number of fused-ring (bicyclic) bond motifs is 1. The molecule has 0 saturated heterocycles. The average molecular weight is 258 g/mol. The van der Waals surface area contributed by atoms with Gasteiger partial charge in [0.2, 0.25) is 0 Å². The summed E-state index contributed by atoms with van der Waals surface area (Å²) in [5, 5.41) is 0. The molecule has 0 spiro atoms. The minimum Gasteiger partial charge on any atom is -0.489 e. The lowest BCUT2D eigenvalue weighted by Crippen LogP contribution is -2.12. The Morgan fingerprint density at radius 2 is 2.21 bits per heavy atom. The molecule has 1 aliphatic heterocycles. The summed E-state index contributed by atoms with van der Waals surface area (Å²) in [5.74, 6) is 0.541. The molecular formula is C16H18O3. The van der Waals surface area contributed by atoms with Crippen LogP contribution in [-0.4, -0.2) is 19.5 Å². The summed E-state index contributed by atoms with van der Waals surface area (Å²) in [5.41, 5.74) is 1.60. The Kier molecular flexibility index (Phi) is 4.53. The Morgan fingerprint density at radius 1 is 1.37 bits per heavy atom. The highest BCUT2D eigenvalue weighted by molar-refractivity contribution is 6.01. The largest absolute Gasteiger partial charge is 0.489 e. The fourth-order valence-electron chi connectivity index (χ4n) is 1.99. The number of benzene rings is 1. The number of ether oxygens (including phenoxy) is 2. The van der Waals surface area contributed by atoms with Gasteiger partial charge in [-0.3, -0.25) is 4.79 Å². The zero-order valence-electron chi connectivity index (χ0n) is 11.3. The van der Waals surface area contributed by atoms with Crippen LogP contribution in [0, 0.1) is 5.92 Å². The molecule has 3 nitrogen and oxygen atoms in total. The molecule has 0 aliphatic carbocycles. The van der Waals surface area contributed by atoms with E-state index in [2.05, 4.69) is 0 Å². The topological polar surface area (TPSA) is 35.5 Å². The highest BCUT2D eigenvalue weighted by Crippen LogP contribution is 2.25. The second-order valence-electron chi connectivity index (χ2n) is 4.54. The molecule has 0 saturated carbocycles. The lowest BCUT2D eigenvalue weighted by atomic mass is 9.96. The molecule has 0 fully saturated rings. The molecule has 1 aromatic carbocycles. The van der Waals surface area contributed by atoms with Gasteiger partial charge in [0.25, 0.3) is 0 Å². The van der Waals surface area contributed by atoms with Crippen molar-refractivity contribution in [3.05, 3.63) is 53.6 Å². The zero-order valence-corrected chi connectivity index (χ0v) is 11.3. The van der Waals surface area contributed by atoms with Crippen molar-refractivity contribution in [2.75, 3.05) is 13.7 Å². The predicted octanol–water partition coefficient (Wildman–Crippen LogP) is 3.16. The van der Waals surface area contributed by atoms with Crippen LogP contribution in [0.5, 0.6) is 5.75 Å². The highest BCUT2D eigenvalue weighted by atomic mass is 16.5. The standard InChI is InChI=1S/C16H18O3/c1-12-6-4-3-5-9-19-15-8-7-13(11-18-2)10-14(15)16(12)17/h3-8,10,12H,9,11H2,1-2H3/b5-3-,6-4-.